The molecule has 0 spiro atoms. The molecule has 96 valence electrons. The molecule has 0 saturated carbocycles. The van der Waals surface area contributed by atoms with E-state index < -0.39 is 0 Å². The van der Waals surface area contributed by atoms with Crippen LogP contribution in [0.4, 0.5) is 11.4 Å². The van der Waals surface area contributed by atoms with Crippen LogP contribution in [0.1, 0.15) is 0 Å². The Hall–Kier alpha value is -1.52. The van der Waals surface area contributed by atoms with E-state index in [-0.39, 0.29) is 12.5 Å². The Labute approximate surface area is 123 Å². The standard InChI is InChI=1S/C14H9BrClNO2/c15-9-4-5-13-12(6-9)17(14(18)8-19-13)11-3-1-2-10(16)7-11/h1-7H,8H2. The predicted octanol–water partition coefficient (Wildman–Crippen LogP) is 4.16. The predicted molar refractivity (Wildman–Crippen MR) is 78.2 cm³/mol. The second-order valence-corrected chi connectivity index (χ2v) is 5.46. The van der Waals surface area contributed by atoms with Gasteiger partial charge in [0, 0.05) is 9.50 Å². The molecule has 0 saturated heterocycles. The monoisotopic (exact) mass is 337 g/mol. The van der Waals surface area contributed by atoms with Crippen molar-refractivity contribution in [3.63, 3.8) is 0 Å². The second-order valence-electron chi connectivity index (χ2n) is 4.11. The van der Waals surface area contributed by atoms with E-state index in [4.69, 9.17) is 16.3 Å². The highest BCUT2D eigenvalue weighted by Crippen LogP contribution is 2.39. The zero-order valence-electron chi connectivity index (χ0n) is 9.77. The van der Waals surface area contributed by atoms with Crippen molar-refractivity contribution in [2.45, 2.75) is 0 Å². The summed E-state index contributed by atoms with van der Waals surface area (Å²) in [6, 6.07) is 12.8. The molecular formula is C14H9BrClNO2. The van der Waals surface area contributed by atoms with Gasteiger partial charge in [-0.25, -0.2) is 0 Å². The maximum Gasteiger partial charge on any atom is 0.269 e. The van der Waals surface area contributed by atoms with E-state index in [9.17, 15) is 4.79 Å². The number of nitrogens with zero attached hydrogens (tertiary/aromatic N) is 1. The van der Waals surface area contributed by atoms with E-state index >= 15 is 0 Å². The molecule has 0 aliphatic carbocycles. The van der Waals surface area contributed by atoms with Crippen LogP contribution < -0.4 is 9.64 Å². The molecule has 0 bridgehead atoms. The Balaban J connectivity index is 2.15. The van der Waals surface area contributed by atoms with Crippen molar-refractivity contribution in [1.29, 1.82) is 0 Å². The number of benzene rings is 2. The van der Waals surface area contributed by atoms with Crippen LogP contribution in [0.15, 0.2) is 46.9 Å². The highest BCUT2D eigenvalue weighted by molar-refractivity contribution is 9.10. The maximum absolute atomic E-state index is 12.1. The fourth-order valence-corrected chi connectivity index (χ4v) is 2.56. The van der Waals surface area contributed by atoms with E-state index in [1.165, 1.54) is 0 Å². The van der Waals surface area contributed by atoms with Gasteiger partial charge in [0.25, 0.3) is 5.91 Å². The van der Waals surface area contributed by atoms with Gasteiger partial charge >= 0.3 is 0 Å². The molecule has 19 heavy (non-hydrogen) atoms. The van der Waals surface area contributed by atoms with Crippen molar-refractivity contribution in [2.75, 3.05) is 11.5 Å². The molecule has 1 heterocycles. The van der Waals surface area contributed by atoms with Gasteiger partial charge in [-0.05, 0) is 36.4 Å². The number of amides is 1. The topological polar surface area (TPSA) is 29.5 Å². The lowest BCUT2D eigenvalue weighted by molar-refractivity contribution is -0.120. The highest BCUT2D eigenvalue weighted by Gasteiger charge is 2.27. The van der Waals surface area contributed by atoms with Crippen LogP contribution >= 0.6 is 27.5 Å². The number of anilines is 2. The summed E-state index contributed by atoms with van der Waals surface area (Å²) in [7, 11) is 0. The molecular weight excluding hydrogens is 330 g/mol. The molecule has 3 rings (SSSR count). The summed E-state index contributed by atoms with van der Waals surface area (Å²) in [5.74, 6) is 0.565. The fourth-order valence-electron chi connectivity index (χ4n) is 2.02. The van der Waals surface area contributed by atoms with Gasteiger partial charge in [0.1, 0.15) is 5.75 Å². The smallest absolute Gasteiger partial charge is 0.269 e. The first kappa shape index (κ1) is 12.5. The third-order valence-electron chi connectivity index (χ3n) is 2.83. The number of hydrogen-bond donors (Lipinski definition) is 0. The summed E-state index contributed by atoms with van der Waals surface area (Å²) in [6.45, 7) is 0.0289. The van der Waals surface area contributed by atoms with E-state index in [2.05, 4.69) is 15.9 Å². The molecule has 0 aromatic heterocycles. The van der Waals surface area contributed by atoms with Crippen LogP contribution in [0, 0.1) is 0 Å². The average molecular weight is 339 g/mol. The first-order valence-corrected chi connectivity index (χ1v) is 6.83. The van der Waals surface area contributed by atoms with Crippen LogP contribution in [0.25, 0.3) is 0 Å². The molecule has 0 unspecified atom stereocenters. The fraction of sp³-hybridized carbons (Fsp3) is 0.0714. The lowest BCUT2D eigenvalue weighted by Gasteiger charge is -2.29. The second kappa shape index (κ2) is 4.87. The van der Waals surface area contributed by atoms with E-state index in [0.29, 0.717) is 16.5 Å². The number of carbonyl (C=O) groups is 1. The van der Waals surface area contributed by atoms with Gasteiger partial charge < -0.3 is 4.74 Å². The molecule has 0 N–H and O–H groups in total. The summed E-state index contributed by atoms with van der Waals surface area (Å²) in [4.78, 5) is 13.7. The Kier molecular flexibility index (Phi) is 3.21. The summed E-state index contributed by atoms with van der Waals surface area (Å²) in [5.41, 5.74) is 1.45. The molecule has 1 amide bonds. The summed E-state index contributed by atoms with van der Waals surface area (Å²) in [5, 5.41) is 0.591. The maximum atomic E-state index is 12.1. The first-order valence-electron chi connectivity index (χ1n) is 5.66. The van der Waals surface area contributed by atoms with Crippen molar-refractivity contribution < 1.29 is 9.53 Å². The van der Waals surface area contributed by atoms with Gasteiger partial charge in [-0.3, -0.25) is 9.69 Å². The molecule has 0 atom stereocenters. The number of fused-ring (bicyclic) bond motifs is 1. The summed E-state index contributed by atoms with van der Waals surface area (Å²) in [6.07, 6.45) is 0. The molecule has 1 aliphatic rings. The van der Waals surface area contributed by atoms with Crippen LogP contribution in [-0.4, -0.2) is 12.5 Å². The molecule has 3 nitrogen and oxygen atoms in total. The number of hydrogen-bond acceptors (Lipinski definition) is 2. The minimum Gasteiger partial charge on any atom is -0.482 e. The largest absolute Gasteiger partial charge is 0.482 e. The van der Waals surface area contributed by atoms with Gasteiger partial charge in [-0.2, -0.15) is 0 Å². The molecule has 2 aromatic rings. The third kappa shape index (κ3) is 2.33. The van der Waals surface area contributed by atoms with E-state index in [1.807, 2.05) is 30.3 Å². The Morgan fingerprint density at radius 1 is 1.21 bits per heavy atom. The minimum atomic E-state index is -0.118. The van der Waals surface area contributed by atoms with Crippen LogP contribution in [0.3, 0.4) is 0 Å². The highest BCUT2D eigenvalue weighted by atomic mass is 79.9. The molecule has 2 aromatic carbocycles. The Bertz CT molecular complexity index is 660. The quantitative estimate of drug-likeness (QED) is 0.781. The Morgan fingerprint density at radius 2 is 2.05 bits per heavy atom. The SMILES string of the molecule is O=C1COc2ccc(Br)cc2N1c1cccc(Cl)c1. The molecule has 0 radical (unpaired) electrons. The minimum absolute atomic E-state index is 0.0289. The van der Waals surface area contributed by atoms with Crippen molar-refractivity contribution in [1.82, 2.24) is 0 Å². The molecule has 5 heteroatoms. The van der Waals surface area contributed by atoms with Crippen molar-refractivity contribution >= 4 is 44.8 Å². The third-order valence-corrected chi connectivity index (χ3v) is 3.56. The molecule has 0 fully saturated rings. The van der Waals surface area contributed by atoms with E-state index in [1.54, 1.807) is 17.0 Å². The lowest BCUT2D eigenvalue weighted by atomic mass is 10.2. The van der Waals surface area contributed by atoms with Gasteiger partial charge in [0.2, 0.25) is 0 Å². The zero-order chi connectivity index (χ0) is 13.4. The first-order chi connectivity index (χ1) is 9.15. The van der Waals surface area contributed by atoms with Gasteiger partial charge in [0.05, 0.1) is 11.4 Å². The lowest BCUT2D eigenvalue weighted by Crippen LogP contribution is -2.35. The normalized spacial score (nSPS) is 14.0. The number of rotatable bonds is 1. The van der Waals surface area contributed by atoms with Crippen molar-refractivity contribution in [3.05, 3.63) is 52.0 Å². The van der Waals surface area contributed by atoms with Crippen molar-refractivity contribution in [2.24, 2.45) is 0 Å². The van der Waals surface area contributed by atoms with Crippen LogP contribution in [0.2, 0.25) is 5.02 Å². The summed E-state index contributed by atoms with van der Waals surface area (Å²) < 4.78 is 6.31. The summed E-state index contributed by atoms with van der Waals surface area (Å²) >= 11 is 9.40. The van der Waals surface area contributed by atoms with Gasteiger partial charge in [0.15, 0.2) is 6.61 Å². The van der Waals surface area contributed by atoms with Gasteiger partial charge in [-0.15, -0.1) is 0 Å². The van der Waals surface area contributed by atoms with Gasteiger partial charge in [-0.1, -0.05) is 33.6 Å². The number of ether oxygens (including phenoxy) is 1. The van der Waals surface area contributed by atoms with Crippen molar-refractivity contribution in [3.8, 4) is 5.75 Å². The molecule has 1 aliphatic heterocycles. The number of halogens is 2. The zero-order valence-corrected chi connectivity index (χ0v) is 12.1. The Morgan fingerprint density at radius 3 is 2.84 bits per heavy atom. The average Bonchev–Trinajstić information content (AvgIpc) is 2.38. The van der Waals surface area contributed by atoms with Crippen LogP contribution in [0.5, 0.6) is 5.75 Å². The van der Waals surface area contributed by atoms with E-state index in [0.717, 1.165) is 10.2 Å². The number of carbonyl (C=O) groups excluding carboxylic acids is 1. The van der Waals surface area contributed by atoms with Crippen LogP contribution in [-0.2, 0) is 4.79 Å².